The lowest BCUT2D eigenvalue weighted by Crippen LogP contribution is -2.28. The molecule has 1 atom stereocenters. The van der Waals surface area contributed by atoms with Gasteiger partial charge in [0.1, 0.15) is 12.0 Å². The van der Waals surface area contributed by atoms with E-state index >= 15 is 0 Å². The highest BCUT2D eigenvalue weighted by Crippen LogP contribution is 2.29. The Balaban J connectivity index is 1.49. The van der Waals surface area contributed by atoms with Crippen molar-refractivity contribution in [1.29, 1.82) is 0 Å². The summed E-state index contributed by atoms with van der Waals surface area (Å²) in [5.74, 6) is -0.609. The number of hydrogen-bond donors (Lipinski definition) is 2. The third-order valence-electron chi connectivity index (χ3n) is 5.48. The first-order valence-electron chi connectivity index (χ1n) is 10.6. The van der Waals surface area contributed by atoms with Crippen LogP contribution in [0, 0.1) is 6.92 Å². The SMILES string of the molecule is Cc1ccc(C(=O)NC2CC2)cc1C(ONC(=O)c1cncnc1)c1cn2ccccc2n1. The molecule has 9 heteroatoms. The molecule has 33 heavy (non-hydrogen) atoms. The summed E-state index contributed by atoms with van der Waals surface area (Å²) in [6, 6.07) is 11.4. The molecule has 4 aromatic rings. The first-order valence-corrected chi connectivity index (χ1v) is 10.6. The minimum atomic E-state index is -0.743. The van der Waals surface area contributed by atoms with Crippen LogP contribution in [-0.4, -0.2) is 37.2 Å². The third-order valence-corrected chi connectivity index (χ3v) is 5.48. The van der Waals surface area contributed by atoms with E-state index in [1.807, 2.05) is 48.0 Å². The predicted molar refractivity (Wildman–Crippen MR) is 119 cm³/mol. The van der Waals surface area contributed by atoms with E-state index in [0.717, 1.165) is 29.6 Å². The van der Waals surface area contributed by atoms with Crippen LogP contribution in [0.1, 0.15) is 56.5 Å². The lowest BCUT2D eigenvalue weighted by atomic mass is 9.98. The number of nitrogens with one attached hydrogen (secondary N) is 2. The fourth-order valence-corrected chi connectivity index (χ4v) is 3.51. The number of carbonyl (C=O) groups excluding carboxylic acids is 2. The number of carbonyl (C=O) groups is 2. The molecule has 9 nitrogen and oxygen atoms in total. The van der Waals surface area contributed by atoms with Gasteiger partial charge >= 0.3 is 0 Å². The number of pyridine rings is 1. The second-order valence-electron chi connectivity index (χ2n) is 8.01. The molecule has 3 aromatic heterocycles. The molecule has 1 aliphatic rings. The Kier molecular flexibility index (Phi) is 5.54. The van der Waals surface area contributed by atoms with Crippen LogP contribution in [0.4, 0.5) is 0 Å². The molecule has 0 bridgehead atoms. The molecule has 1 unspecified atom stereocenters. The highest BCUT2D eigenvalue weighted by molar-refractivity contribution is 5.95. The van der Waals surface area contributed by atoms with E-state index in [9.17, 15) is 9.59 Å². The van der Waals surface area contributed by atoms with Gasteiger partial charge in [-0.3, -0.25) is 14.4 Å². The van der Waals surface area contributed by atoms with Gasteiger partial charge in [0, 0.05) is 36.4 Å². The van der Waals surface area contributed by atoms with Crippen molar-refractivity contribution in [1.82, 2.24) is 30.1 Å². The summed E-state index contributed by atoms with van der Waals surface area (Å²) >= 11 is 0. The number of rotatable bonds is 7. The summed E-state index contributed by atoms with van der Waals surface area (Å²) in [6.45, 7) is 1.93. The number of nitrogens with zero attached hydrogens (tertiary/aromatic N) is 4. The fourth-order valence-electron chi connectivity index (χ4n) is 3.51. The smallest absolute Gasteiger partial charge is 0.278 e. The number of hydroxylamine groups is 1. The van der Waals surface area contributed by atoms with Gasteiger partial charge < -0.3 is 9.72 Å². The Morgan fingerprint density at radius 2 is 1.91 bits per heavy atom. The summed E-state index contributed by atoms with van der Waals surface area (Å²) in [5, 5.41) is 3.01. The number of fused-ring (bicyclic) bond motifs is 1. The van der Waals surface area contributed by atoms with Crippen LogP contribution < -0.4 is 10.8 Å². The molecule has 0 saturated heterocycles. The summed E-state index contributed by atoms with van der Waals surface area (Å²) < 4.78 is 1.87. The van der Waals surface area contributed by atoms with E-state index < -0.39 is 12.0 Å². The molecule has 2 N–H and O–H groups in total. The summed E-state index contributed by atoms with van der Waals surface area (Å²) in [4.78, 5) is 43.5. The Morgan fingerprint density at radius 1 is 1.09 bits per heavy atom. The van der Waals surface area contributed by atoms with Gasteiger partial charge in [0.05, 0.1) is 11.3 Å². The molecule has 1 saturated carbocycles. The van der Waals surface area contributed by atoms with Crippen LogP contribution in [-0.2, 0) is 4.84 Å². The van der Waals surface area contributed by atoms with E-state index in [1.165, 1.54) is 18.7 Å². The number of aryl methyl sites for hydroxylation is 1. The maximum Gasteiger partial charge on any atom is 0.278 e. The quantitative estimate of drug-likeness (QED) is 0.426. The molecule has 2 amide bonds. The summed E-state index contributed by atoms with van der Waals surface area (Å²) in [7, 11) is 0. The van der Waals surface area contributed by atoms with Gasteiger partial charge in [0.25, 0.3) is 11.8 Å². The second-order valence-corrected chi connectivity index (χ2v) is 8.01. The Bertz CT molecular complexity index is 1280. The summed E-state index contributed by atoms with van der Waals surface area (Å²) in [6.07, 6.45) is 9.15. The monoisotopic (exact) mass is 442 g/mol. The molecule has 0 aliphatic heterocycles. The van der Waals surface area contributed by atoms with E-state index in [0.29, 0.717) is 11.3 Å². The maximum atomic E-state index is 12.7. The number of imidazole rings is 1. The minimum absolute atomic E-state index is 0.127. The number of amides is 2. The molecule has 5 rings (SSSR count). The Labute approximate surface area is 189 Å². The molecule has 1 fully saturated rings. The zero-order chi connectivity index (χ0) is 22.8. The van der Waals surface area contributed by atoms with Gasteiger partial charge in [-0.05, 0) is 55.2 Å². The van der Waals surface area contributed by atoms with Crippen molar-refractivity contribution in [3.63, 3.8) is 0 Å². The van der Waals surface area contributed by atoms with E-state index in [1.54, 1.807) is 12.1 Å². The first-order chi connectivity index (χ1) is 16.1. The molecular formula is C24H22N6O3. The minimum Gasteiger partial charge on any atom is -0.349 e. The standard InChI is InChI=1S/C24H22N6O3/c1-15-5-6-16(23(31)27-18-7-8-18)10-19(15)22(20-13-30-9-3-2-4-21(30)28-20)33-29-24(32)17-11-25-14-26-12-17/h2-6,9-14,18,22H,7-8H2,1H3,(H,27,31)(H,29,32). The molecule has 3 heterocycles. The van der Waals surface area contributed by atoms with Crippen molar-refractivity contribution in [3.8, 4) is 0 Å². The molecule has 166 valence electrons. The fraction of sp³-hybridized carbons (Fsp3) is 0.208. The molecule has 1 aliphatic carbocycles. The number of hydrogen-bond acceptors (Lipinski definition) is 6. The Hall–Kier alpha value is -4.11. The van der Waals surface area contributed by atoms with Crippen LogP contribution in [0.2, 0.25) is 0 Å². The molecule has 0 spiro atoms. The van der Waals surface area contributed by atoms with Gasteiger partial charge in [-0.1, -0.05) is 12.1 Å². The van der Waals surface area contributed by atoms with Crippen molar-refractivity contribution in [3.05, 3.63) is 95.5 Å². The average Bonchev–Trinajstić information content (AvgIpc) is 3.55. The van der Waals surface area contributed by atoms with E-state index in [2.05, 4.69) is 25.7 Å². The van der Waals surface area contributed by atoms with Crippen LogP contribution in [0.15, 0.2) is 67.5 Å². The molecular weight excluding hydrogens is 420 g/mol. The van der Waals surface area contributed by atoms with Gasteiger partial charge in [0.15, 0.2) is 6.10 Å². The first kappa shape index (κ1) is 20.8. The second kappa shape index (κ2) is 8.79. The van der Waals surface area contributed by atoms with Crippen molar-refractivity contribution < 1.29 is 14.4 Å². The lowest BCUT2D eigenvalue weighted by molar-refractivity contribution is -0.00133. The van der Waals surface area contributed by atoms with Gasteiger partial charge in [0.2, 0.25) is 0 Å². The van der Waals surface area contributed by atoms with Crippen LogP contribution in [0.25, 0.3) is 5.65 Å². The Morgan fingerprint density at radius 3 is 2.67 bits per heavy atom. The maximum absolute atomic E-state index is 12.7. The van der Waals surface area contributed by atoms with Crippen molar-refractivity contribution in [2.24, 2.45) is 0 Å². The zero-order valence-corrected chi connectivity index (χ0v) is 17.9. The predicted octanol–water partition coefficient (Wildman–Crippen LogP) is 2.78. The van der Waals surface area contributed by atoms with Gasteiger partial charge in [-0.25, -0.2) is 20.4 Å². The van der Waals surface area contributed by atoms with Crippen molar-refractivity contribution in [2.45, 2.75) is 31.9 Å². The van der Waals surface area contributed by atoms with E-state index in [4.69, 9.17) is 4.84 Å². The van der Waals surface area contributed by atoms with Crippen molar-refractivity contribution in [2.75, 3.05) is 0 Å². The largest absolute Gasteiger partial charge is 0.349 e. The molecule has 0 radical (unpaired) electrons. The van der Waals surface area contributed by atoms with E-state index in [-0.39, 0.29) is 17.5 Å². The normalized spacial score (nSPS) is 14.1. The average molecular weight is 442 g/mol. The highest BCUT2D eigenvalue weighted by atomic mass is 16.7. The van der Waals surface area contributed by atoms with Crippen LogP contribution in [0.3, 0.4) is 0 Å². The zero-order valence-electron chi connectivity index (χ0n) is 17.9. The third kappa shape index (κ3) is 4.58. The van der Waals surface area contributed by atoms with Gasteiger partial charge in [-0.15, -0.1) is 0 Å². The van der Waals surface area contributed by atoms with Crippen LogP contribution >= 0.6 is 0 Å². The number of aromatic nitrogens is 4. The number of benzene rings is 1. The summed E-state index contributed by atoms with van der Waals surface area (Å²) in [5.41, 5.74) is 6.24. The highest BCUT2D eigenvalue weighted by Gasteiger charge is 2.26. The van der Waals surface area contributed by atoms with Gasteiger partial charge in [-0.2, -0.15) is 0 Å². The van der Waals surface area contributed by atoms with Crippen LogP contribution in [0.5, 0.6) is 0 Å². The molecule has 1 aromatic carbocycles. The topological polar surface area (TPSA) is 111 Å². The van der Waals surface area contributed by atoms with Crippen molar-refractivity contribution >= 4 is 17.5 Å². The lowest BCUT2D eigenvalue weighted by Gasteiger charge is -2.19.